The van der Waals surface area contributed by atoms with Crippen LogP contribution in [0.4, 0.5) is 0 Å². The summed E-state index contributed by atoms with van der Waals surface area (Å²) in [6.07, 6.45) is 2.36. The normalized spacial score (nSPS) is 12.4. The minimum Gasteiger partial charge on any atom is -0.481 e. The second-order valence-electron chi connectivity index (χ2n) is 4.01. The summed E-state index contributed by atoms with van der Waals surface area (Å²) < 4.78 is 6.27. The van der Waals surface area contributed by atoms with Crippen molar-refractivity contribution in [1.29, 1.82) is 0 Å². The van der Waals surface area contributed by atoms with E-state index in [4.69, 9.17) is 4.74 Å². The van der Waals surface area contributed by atoms with Crippen LogP contribution in [-0.4, -0.2) is 23.6 Å². The molecule has 0 saturated heterocycles. The summed E-state index contributed by atoms with van der Waals surface area (Å²) in [6, 6.07) is 6.36. The van der Waals surface area contributed by atoms with Crippen molar-refractivity contribution < 1.29 is 4.74 Å². The van der Waals surface area contributed by atoms with E-state index in [-0.39, 0.29) is 6.04 Å². The maximum absolute atomic E-state index is 5.13. The van der Waals surface area contributed by atoms with Crippen molar-refractivity contribution in [3.63, 3.8) is 0 Å². The summed E-state index contributed by atoms with van der Waals surface area (Å²) in [4.78, 5) is 9.63. The van der Waals surface area contributed by atoms with Gasteiger partial charge in [0.25, 0.3) is 0 Å². The van der Waals surface area contributed by atoms with Crippen LogP contribution in [0, 0.1) is 0 Å². The molecule has 6 heteroatoms. The second kappa shape index (κ2) is 6.98. The molecule has 19 heavy (non-hydrogen) atoms. The molecule has 1 N–H and O–H groups in total. The Kier molecular flexibility index (Phi) is 5.30. The van der Waals surface area contributed by atoms with Gasteiger partial charge in [-0.25, -0.2) is 9.97 Å². The minimum absolute atomic E-state index is 0.265. The lowest BCUT2D eigenvalue weighted by atomic mass is 10.1. The van der Waals surface area contributed by atoms with E-state index in [1.54, 1.807) is 24.8 Å². The van der Waals surface area contributed by atoms with Crippen LogP contribution in [0.5, 0.6) is 5.88 Å². The quantitative estimate of drug-likeness (QED) is 0.876. The van der Waals surface area contributed by atoms with Crippen LogP contribution in [0.1, 0.15) is 23.5 Å². The van der Waals surface area contributed by atoms with E-state index in [1.807, 2.05) is 6.07 Å². The fraction of sp³-hybridized carbons (Fsp3) is 0.385. The topological polar surface area (TPSA) is 47.0 Å². The largest absolute Gasteiger partial charge is 0.481 e. The number of methoxy groups -OCH3 is 1. The zero-order valence-corrected chi connectivity index (χ0v) is 13.3. The van der Waals surface area contributed by atoms with Gasteiger partial charge in [0.15, 0.2) is 0 Å². The fourth-order valence-corrected chi connectivity index (χ4v) is 3.34. The molecular weight excluding hydrogens is 326 g/mol. The molecule has 0 aliphatic carbocycles. The molecule has 0 amide bonds. The molecule has 0 spiro atoms. The number of likely N-dealkylation sites (N-methyl/N-ethyl adjacent to an activating group) is 1. The number of aromatic nitrogens is 2. The predicted octanol–water partition coefficient (Wildman–Crippen LogP) is 3.20. The molecule has 0 radical (unpaired) electrons. The Balaban J connectivity index is 2.16. The van der Waals surface area contributed by atoms with Crippen LogP contribution >= 0.6 is 27.3 Å². The zero-order chi connectivity index (χ0) is 13.7. The monoisotopic (exact) mass is 341 g/mol. The molecule has 0 aliphatic heterocycles. The number of halogens is 1. The predicted molar refractivity (Wildman–Crippen MR) is 80.7 cm³/mol. The molecule has 102 valence electrons. The molecule has 4 nitrogen and oxygen atoms in total. The third kappa shape index (κ3) is 3.99. The van der Waals surface area contributed by atoms with E-state index < -0.39 is 0 Å². The second-order valence-corrected chi connectivity index (χ2v) is 6.50. The maximum Gasteiger partial charge on any atom is 0.216 e. The summed E-state index contributed by atoms with van der Waals surface area (Å²) in [5.41, 5.74) is 0.974. The van der Waals surface area contributed by atoms with Crippen molar-refractivity contribution in [2.45, 2.75) is 19.4 Å². The molecule has 0 aromatic carbocycles. The summed E-state index contributed by atoms with van der Waals surface area (Å²) >= 11 is 5.25. The van der Waals surface area contributed by atoms with Gasteiger partial charge in [0, 0.05) is 29.1 Å². The van der Waals surface area contributed by atoms with E-state index in [0.717, 1.165) is 22.4 Å². The molecule has 0 bridgehead atoms. The van der Waals surface area contributed by atoms with E-state index in [0.29, 0.717) is 5.88 Å². The average molecular weight is 342 g/mol. The first-order valence-electron chi connectivity index (χ1n) is 6.06. The van der Waals surface area contributed by atoms with Crippen LogP contribution < -0.4 is 10.1 Å². The lowest BCUT2D eigenvalue weighted by Gasteiger charge is -2.16. The summed E-state index contributed by atoms with van der Waals surface area (Å²) in [7, 11) is 1.62. The molecule has 0 fully saturated rings. The average Bonchev–Trinajstić information content (AvgIpc) is 2.85. The third-order valence-electron chi connectivity index (χ3n) is 2.71. The van der Waals surface area contributed by atoms with E-state index >= 15 is 0 Å². The summed E-state index contributed by atoms with van der Waals surface area (Å²) in [5, 5.41) is 3.49. The molecule has 2 aromatic heterocycles. The van der Waals surface area contributed by atoms with Gasteiger partial charge in [0.05, 0.1) is 10.9 Å². The molecule has 1 unspecified atom stereocenters. The Morgan fingerprint density at radius 1 is 1.42 bits per heavy atom. The minimum atomic E-state index is 0.265. The van der Waals surface area contributed by atoms with Gasteiger partial charge < -0.3 is 10.1 Å². The van der Waals surface area contributed by atoms with Crippen LogP contribution in [0.3, 0.4) is 0 Å². The highest BCUT2D eigenvalue weighted by Crippen LogP contribution is 2.29. The lowest BCUT2D eigenvalue weighted by molar-refractivity contribution is 0.395. The van der Waals surface area contributed by atoms with E-state index in [1.165, 1.54) is 4.88 Å². The van der Waals surface area contributed by atoms with Crippen LogP contribution in [-0.2, 0) is 6.42 Å². The molecule has 0 aliphatic rings. The van der Waals surface area contributed by atoms with Gasteiger partial charge >= 0.3 is 0 Å². The molecule has 2 aromatic rings. The first-order valence-corrected chi connectivity index (χ1v) is 7.67. The van der Waals surface area contributed by atoms with Crippen molar-refractivity contribution in [2.75, 3.05) is 13.7 Å². The van der Waals surface area contributed by atoms with Crippen molar-refractivity contribution in [3.8, 4) is 5.88 Å². The highest BCUT2D eigenvalue weighted by molar-refractivity contribution is 9.11. The Bertz CT molecular complexity index is 532. The Hall–Kier alpha value is -0.980. The Morgan fingerprint density at radius 3 is 2.89 bits per heavy atom. The van der Waals surface area contributed by atoms with Crippen molar-refractivity contribution in [2.24, 2.45) is 0 Å². The van der Waals surface area contributed by atoms with Gasteiger partial charge in [-0.05, 0) is 34.6 Å². The maximum atomic E-state index is 5.13. The van der Waals surface area contributed by atoms with Gasteiger partial charge in [-0.2, -0.15) is 0 Å². The first kappa shape index (κ1) is 14.4. The SMILES string of the molecule is CCNC(Cc1cc(OC)ncn1)c1ccc(Br)s1. The fourth-order valence-electron chi connectivity index (χ4n) is 1.84. The van der Waals surface area contributed by atoms with Crippen LogP contribution in [0.15, 0.2) is 28.3 Å². The van der Waals surface area contributed by atoms with Crippen LogP contribution in [0.2, 0.25) is 0 Å². The molecule has 1 atom stereocenters. The molecule has 2 heterocycles. The molecular formula is C13H16BrN3OS. The van der Waals surface area contributed by atoms with E-state index in [2.05, 4.69) is 50.3 Å². The number of nitrogens with zero attached hydrogens (tertiary/aromatic N) is 2. The van der Waals surface area contributed by atoms with E-state index in [9.17, 15) is 0 Å². The number of hydrogen-bond donors (Lipinski definition) is 1. The number of ether oxygens (including phenoxy) is 1. The molecule has 0 saturated carbocycles. The number of thiophene rings is 1. The zero-order valence-electron chi connectivity index (χ0n) is 10.9. The highest BCUT2D eigenvalue weighted by Gasteiger charge is 2.14. The molecule has 2 rings (SSSR count). The van der Waals surface area contributed by atoms with Crippen molar-refractivity contribution in [3.05, 3.63) is 38.9 Å². The smallest absolute Gasteiger partial charge is 0.216 e. The highest BCUT2D eigenvalue weighted by atomic mass is 79.9. The Labute approximate surface area is 125 Å². The van der Waals surface area contributed by atoms with Gasteiger partial charge in [-0.15, -0.1) is 11.3 Å². The van der Waals surface area contributed by atoms with Crippen molar-refractivity contribution >= 4 is 27.3 Å². The standard InChI is InChI=1S/C13H16BrN3OS/c1-3-15-10(11-4-5-12(14)19-11)6-9-7-13(18-2)17-8-16-9/h4-5,7-8,10,15H,3,6H2,1-2H3. The number of nitrogens with one attached hydrogen (secondary N) is 1. The first-order chi connectivity index (χ1) is 9.22. The van der Waals surface area contributed by atoms with Crippen LogP contribution in [0.25, 0.3) is 0 Å². The Morgan fingerprint density at radius 2 is 2.26 bits per heavy atom. The number of rotatable bonds is 6. The van der Waals surface area contributed by atoms with Crippen molar-refractivity contribution in [1.82, 2.24) is 15.3 Å². The number of hydrogen-bond acceptors (Lipinski definition) is 5. The van der Waals surface area contributed by atoms with Gasteiger partial charge in [-0.1, -0.05) is 6.92 Å². The summed E-state index contributed by atoms with van der Waals surface area (Å²) in [6.45, 7) is 3.03. The lowest BCUT2D eigenvalue weighted by Crippen LogP contribution is -2.22. The van der Waals surface area contributed by atoms with Gasteiger partial charge in [0.2, 0.25) is 5.88 Å². The summed E-state index contributed by atoms with van der Waals surface area (Å²) in [5.74, 6) is 0.604. The van der Waals surface area contributed by atoms with Gasteiger partial charge in [0.1, 0.15) is 6.33 Å². The third-order valence-corrected chi connectivity index (χ3v) is 4.45. The van der Waals surface area contributed by atoms with Gasteiger partial charge in [-0.3, -0.25) is 0 Å².